The number of carbonyl (C=O) groups is 2. The first-order chi connectivity index (χ1) is 13.2. The smallest absolute Gasteiger partial charge is 0.251 e. The summed E-state index contributed by atoms with van der Waals surface area (Å²) in [5.41, 5.74) is 8.35. The maximum Gasteiger partial charge on any atom is 0.251 e. The molecule has 2 heterocycles. The predicted molar refractivity (Wildman–Crippen MR) is 101 cm³/mol. The molecule has 0 radical (unpaired) electrons. The Balaban J connectivity index is 1.60. The topological polar surface area (TPSA) is 114 Å². The fourth-order valence-corrected chi connectivity index (χ4v) is 2.84. The van der Waals surface area contributed by atoms with Crippen LogP contribution in [0.2, 0.25) is 0 Å². The van der Waals surface area contributed by atoms with Crippen molar-refractivity contribution in [2.45, 2.75) is 25.3 Å². The molecule has 3 aromatic rings. The van der Waals surface area contributed by atoms with Gasteiger partial charge in [-0.05, 0) is 25.0 Å². The van der Waals surface area contributed by atoms with Gasteiger partial charge in [-0.3, -0.25) is 14.0 Å². The summed E-state index contributed by atoms with van der Waals surface area (Å²) in [5.74, 6) is 0.146. The molecule has 138 valence electrons. The third kappa shape index (κ3) is 3.65. The molecule has 4 rings (SSSR count). The maximum absolute atomic E-state index is 12.1. The summed E-state index contributed by atoms with van der Waals surface area (Å²) < 4.78 is 1.85. The van der Waals surface area contributed by atoms with Crippen LogP contribution < -0.4 is 16.4 Å². The van der Waals surface area contributed by atoms with Crippen molar-refractivity contribution in [3.05, 3.63) is 48.4 Å². The number of nitrogens with zero attached hydrogens (tertiary/aromatic N) is 3. The van der Waals surface area contributed by atoms with E-state index in [9.17, 15) is 9.59 Å². The molecule has 2 amide bonds. The van der Waals surface area contributed by atoms with E-state index in [1.165, 1.54) is 0 Å². The molecule has 1 fully saturated rings. The average molecular weight is 364 g/mol. The molecule has 8 nitrogen and oxygen atoms in total. The van der Waals surface area contributed by atoms with Crippen molar-refractivity contribution in [2.75, 3.05) is 11.9 Å². The highest BCUT2D eigenvalue weighted by Crippen LogP contribution is 2.24. The second kappa shape index (κ2) is 7.16. The Hall–Kier alpha value is -3.26. The molecule has 1 aliphatic rings. The molecular formula is C19H20N6O2. The number of benzene rings is 1. The molecule has 27 heavy (non-hydrogen) atoms. The Morgan fingerprint density at radius 1 is 1.19 bits per heavy atom. The second-order valence-electron chi connectivity index (χ2n) is 6.52. The Labute approximate surface area is 155 Å². The lowest BCUT2D eigenvalue weighted by atomic mass is 10.1. The number of imidazole rings is 1. The zero-order valence-electron chi connectivity index (χ0n) is 14.7. The van der Waals surface area contributed by atoms with E-state index >= 15 is 0 Å². The highest BCUT2D eigenvalue weighted by atomic mass is 16.2. The van der Waals surface area contributed by atoms with Crippen LogP contribution in [0.1, 0.15) is 29.6 Å². The van der Waals surface area contributed by atoms with E-state index in [0.29, 0.717) is 23.1 Å². The highest BCUT2D eigenvalue weighted by molar-refractivity contribution is 5.95. The van der Waals surface area contributed by atoms with Crippen molar-refractivity contribution >= 4 is 23.3 Å². The van der Waals surface area contributed by atoms with Crippen LogP contribution in [0.25, 0.3) is 16.9 Å². The SMILES string of the molecule is NCCC(=O)Nc1nccn2c(-c3ccc(C(=O)NC4CC4)cc3)cnc12. The molecule has 0 spiro atoms. The number of amides is 2. The summed E-state index contributed by atoms with van der Waals surface area (Å²) in [6.07, 6.45) is 7.45. The van der Waals surface area contributed by atoms with Gasteiger partial charge >= 0.3 is 0 Å². The molecule has 0 saturated heterocycles. The van der Waals surface area contributed by atoms with Gasteiger partial charge in [0.2, 0.25) is 5.91 Å². The number of anilines is 1. The summed E-state index contributed by atoms with van der Waals surface area (Å²) in [4.78, 5) is 32.5. The zero-order valence-corrected chi connectivity index (χ0v) is 14.7. The molecule has 0 aliphatic heterocycles. The van der Waals surface area contributed by atoms with E-state index < -0.39 is 0 Å². The van der Waals surface area contributed by atoms with E-state index in [2.05, 4.69) is 20.6 Å². The minimum Gasteiger partial charge on any atom is -0.349 e. The normalized spacial score (nSPS) is 13.5. The zero-order chi connectivity index (χ0) is 18.8. The number of hydrogen-bond donors (Lipinski definition) is 3. The van der Waals surface area contributed by atoms with Crippen molar-refractivity contribution in [1.82, 2.24) is 19.7 Å². The Morgan fingerprint density at radius 3 is 2.67 bits per heavy atom. The summed E-state index contributed by atoms with van der Waals surface area (Å²) in [6, 6.07) is 7.71. The van der Waals surface area contributed by atoms with E-state index in [-0.39, 0.29) is 24.8 Å². The molecule has 1 aliphatic carbocycles. The van der Waals surface area contributed by atoms with Gasteiger partial charge in [0, 0.05) is 42.5 Å². The Kier molecular flexibility index (Phi) is 4.55. The van der Waals surface area contributed by atoms with Crippen molar-refractivity contribution in [2.24, 2.45) is 5.73 Å². The van der Waals surface area contributed by atoms with Crippen molar-refractivity contribution < 1.29 is 9.59 Å². The number of nitrogens with one attached hydrogen (secondary N) is 2. The average Bonchev–Trinajstić information content (AvgIpc) is 3.37. The van der Waals surface area contributed by atoms with E-state index in [1.54, 1.807) is 30.7 Å². The van der Waals surface area contributed by atoms with Gasteiger partial charge in [0.05, 0.1) is 11.9 Å². The first-order valence-corrected chi connectivity index (χ1v) is 8.89. The van der Waals surface area contributed by atoms with Gasteiger partial charge in [-0.2, -0.15) is 0 Å². The lowest BCUT2D eigenvalue weighted by Crippen LogP contribution is -2.25. The number of nitrogens with two attached hydrogens (primary N) is 1. The summed E-state index contributed by atoms with van der Waals surface area (Å²) in [6.45, 7) is 0.273. The molecule has 4 N–H and O–H groups in total. The standard InChI is InChI=1S/C19H20N6O2/c20-8-7-16(26)24-17-18-22-11-15(25(18)10-9-21-17)12-1-3-13(4-2-12)19(27)23-14-5-6-14/h1-4,9-11,14H,5-8,20H2,(H,23,27)(H,21,24,26). The maximum atomic E-state index is 12.1. The molecule has 0 atom stereocenters. The third-order valence-corrected chi connectivity index (χ3v) is 4.41. The minimum absolute atomic E-state index is 0.0451. The number of hydrogen-bond acceptors (Lipinski definition) is 5. The lowest BCUT2D eigenvalue weighted by molar-refractivity contribution is -0.116. The molecule has 1 saturated carbocycles. The van der Waals surface area contributed by atoms with Crippen LogP contribution in [0.3, 0.4) is 0 Å². The molecular weight excluding hydrogens is 344 g/mol. The van der Waals surface area contributed by atoms with Crippen LogP contribution in [0.15, 0.2) is 42.9 Å². The largest absolute Gasteiger partial charge is 0.349 e. The van der Waals surface area contributed by atoms with Crippen LogP contribution >= 0.6 is 0 Å². The molecule has 0 unspecified atom stereocenters. The molecule has 8 heteroatoms. The van der Waals surface area contributed by atoms with Gasteiger partial charge in [-0.15, -0.1) is 0 Å². The van der Waals surface area contributed by atoms with Crippen LogP contribution in [0, 0.1) is 0 Å². The fourth-order valence-electron chi connectivity index (χ4n) is 2.84. The van der Waals surface area contributed by atoms with Gasteiger partial charge in [-0.1, -0.05) is 12.1 Å². The third-order valence-electron chi connectivity index (χ3n) is 4.41. The predicted octanol–water partition coefficient (Wildman–Crippen LogP) is 1.58. The Bertz CT molecular complexity index is 991. The fraction of sp³-hybridized carbons (Fsp3) is 0.263. The van der Waals surface area contributed by atoms with Gasteiger partial charge in [0.1, 0.15) is 0 Å². The minimum atomic E-state index is -0.200. The first-order valence-electron chi connectivity index (χ1n) is 8.89. The quantitative estimate of drug-likeness (QED) is 0.614. The monoisotopic (exact) mass is 364 g/mol. The van der Waals surface area contributed by atoms with Crippen molar-refractivity contribution in [3.63, 3.8) is 0 Å². The van der Waals surface area contributed by atoms with Crippen LogP contribution in [-0.2, 0) is 4.79 Å². The highest BCUT2D eigenvalue weighted by Gasteiger charge is 2.23. The number of carbonyl (C=O) groups excluding carboxylic acids is 2. The number of rotatable bonds is 6. The van der Waals surface area contributed by atoms with E-state index in [0.717, 1.165) is 24.1 Å². The lowest BCUT2D eigenvalue weighted by Gasteiger charge is -2.07. The summed E-state index contributed by atoms with van der Waals surface area (Å²) in [5, 5.41) is 5.71. The molecule has 2 aromatic heterocycles. The van der Waals surface area contributed by atoms with Gasteiger partial charge in [0.15, 0.2) is 11.5 Å². The van der Waals surface area contributed by atoms with Crippen LogP contribution in [-0.4, -0.2) is 38.8 Å². The van der Waals surface area contributed by atoms with Gasteiger partial charge in [-0.25, -0.2) is 9.97 Å². The number of aromatic nitrogens is 3. The molecule has 1 aromatic carbocycles. The van der Waals surface area contributed by atoms with Crippen molar-refractivity contribution in [1.29, 1.82) is 0 Å². The Morgan fingerprint density at radius 2 is 1.96 bits per heavy atom. The summed E-state index contributed by atoms with van der Waals surface area (Å²) >= 11 is 0. The number of fused-ring (bicyclic) bond motifs is 1. The second-order valence-corrected chi connectivity index (χ2v) is 6.52. The van der Waals surface area contributed by atoms with Crippen molar-refractivity contribution in [3.8, 4) is 11.3 Å². The van der Waals surface area contributed by atoms with Gasteiger partial charge < -0.3 is 16.4 Å². The van der Waals surface area contributed by atoms with E-state index in [4.69, 9.17) is 5.73 Å². The first kappa shape index (κ1) is 17.2. The van der Waals surface area contributed by atoms with Gasteiger partial charge in [0.25, 0.3) is 5.91 Å². The van der Waals surface area contributed by atoms with Crippen LogP contribution in [0.4, 0.5) is 5.82 Å². The van der Waals surface area contributed by atoms with E-state index in [1.807, 2.05) is 16.5 Å². The summed E-state index contributed by atoms with van der Waals surface area (Å²) in [7, 11) is 0. The molecule has 0 bridgehead atoms. The van der Waals surface area contributed by atoms with Crippen LogP contribution in [0.5, 0.6) is 0 Å².